The lowest BCUT2D eigenvalue weighted by Gasteiger charge is -2.23. The molecule has 0 radical (unpaired) electrons. The Bertz CT molecular complexity index is 759. The zero-order chi connectivity index (χ0) is 16.2. The summed E-state index contributed by atoms with van der Waals surface area (Å²) in [5.41, 5.74) is 0.920. The summed E-state index contributed by atoms with van der Waals surface area (Å²) < 4.78 is 2.68. The van der Waals surface area contributed by atoms with Gasteiger partial charge in [0.2, 0.25) is 0 Å². The van der Waals surface area contributed by atoms with Gasteiger partial charge in [-0.05, 0) is 31.0 Å². The number of rotatable bonds is 3. The molecule has 0 saturated heterocycles. The van der Waals surface area contributed by atoms with Crippen LogP contribution in [0.1, 0.15) is 49.4 Å². The highest BCUT2D eigenvalue weighted by Gasteiger charge is 2.16. The van der Waals surface area contributed by atoms with Crippen molar-refractivity contribution in [3.05, 3.63) is 62.7 Å². The lowest BCUT2D eigenvalue weighted by Crippen LogP contribution is -2.28. The third-order valence-electron chi connectivity index (χ3n) is 4.24. The van der Waals surface area contributed by atoms with Crippen LogP contribution in [0.2, 0.25) is 0 Å². The van der Waals surface area contributed by atoms with Gasteiger partial charge in [0, 0.05) is 28.4 Å². The average molecular weight is 375 g/mol. The number of nitrogens with zero attached hydrogens (tertiary/aromatic N) is 2. The van der Waals surface area contributed by atoms with Crippen LogP contribution in [0, 0.1) is 0 Å². The smallest absolute Gasteiger partial charge is 0.348 e. The van der Waals surface area contributed by atoms with Crippen LogP contribution in [0.25, 0.3) is 11.8 Å². The number of halogens is 1. The topological polar surface area (TPSA) is 55.1 Å². The van der Waals surface area contributed by atoms with Gasteiger partial charge in [-0.25, -0.2) is 4.79 Å². The van der Waals surface area contributed by atoms with E-state index in [1.54, 1.807) is 29.0 Å². The van der Waals surface area contributed by atoms with Gasteiger partial charge in [-0.2, -0.15) is 4.98 Å². The molecule has 1 aliphatic rings. The fraction of sp³-hybridized carbons (Fsp3) is 0.333. The second-order valence-corrected chi connectivity index (χ2v) is 6.79. The fourth-order valence-electron chi connectivity index (χ4n) is 2.99. The minimum Gasteiger partial charge on any atom is -0.507 e. The Balaban J connectivity index is 1.83. The molecule has 0 amide bonds. The summed E-state index contributed by atoms with van der Waals surface area (Å²) in [4.78, 5) is 16.3. The molecule has 0 atom stereocenters. The molecule has 4 nitrogen and oxygen atoms in total. The molecule has 23 heavy (non-hydrogen) atoms. The zero-order valence-electron chi connectivity index (χ0n) is 12.8. The van der Waals surface area contributed by atoms with Gasteiger partial charge in [-0.1, -0.05) is 47.3 Å². The normalized spacial score (nSPS) is 16.5. The summed E-state index contributed by atoms with van der Waals surface area (Å²) in [6.07, 6.45) is 9.00. The van der Waals surface area contributed by atoms with E-state index < -0.39 is 0 Å². The fourth-order valence-corrected chi connectivity index (χ4v) is 3.25. The van der Waals surface area contributed by atoms with Crippen molar-refractivity contribution in [1.29, 1.82) is 0 Å². The third-order valence-corrected chi connectivity index (χ3v) is 4.77. The first-order valence-corrected chi connectivity index (χ1v) is 8.68. The van der Waals surface area contributed by atoms with Crippen LogP contribution in [0.4, 0.5) is 0 Å². The predicted molar refractivity (Wildman–Crippen MR) is 95.3 cm³/mol. The maximum Gasteiger partial charge on any atom is 0.348 e. The quantitative estimate of drug-likeness (QED) is 0.800. The van der Waals surface area contributed by atoms with Crippen LogP contribution in [-0.2, 0) is 0 Å². The summed E-state index contributed by atoms with van der Waals surface area (Å²) in [5, 5.41) is 10.2. The molecule has 0 unspecified atom stereocenters. The molecule has 1 heterocycles. The minimum absolute atomic E-state index is 0.0971. The molecular formula is C18H19BrN2O2. The van der Waals surface area contributed by atoms with Gasteiger partial charge in [-0.15, -0.1) is 0 Å². The molecule has 3 rings (SSSR count). The summed E-state index contributed by atoms with van der Waals surface area (Å²) in [6, 6.07) is 9.37. The Labute approximate surface area is 143 Å². The lowest BCUT2D eigenvalue weighted by atomic mass is 9.95. The lowest BCUT2D eigenvalue weighted by molar-refractivity contribution is 0.342. The maximum absolute atomic E-state index is 12.2. The molecule has 1 aromatic heterocycles. The van der Waals surface area contributed by atoms with Gasteiger partial charge in [0.05, 0.1) is 5.69 Å². The largest absolute Gasteiger partial charge is 0.507 e. The zero-order valence-corrected chi connectivity index (χ0v) is 14.4. The van der Waals surface area contributed by atoms with E-state index in [0.717, 1.165) is 17.3 Å². The number of aromatic nitrogens is 2. The molecule has 1 fully saturated rings. The van der Waals surface area contributed by atoms with E-state index in [1.165, 1.54) is 25.3 Å². The van der Waals surface area contributed by atoms with E-state index >= 15 is 0 Å². The molecular weight excluding hydrogens is 356 g/mol. The second-order valence-electron chi connectivity index (χ2n) is 5.87. The Morgan fingerprint density at radius 1 is 1.17 bits per heavy atom. The van der Waals surface area contributed by atoms with E-state index in [0.29, 0.717) is 11.3 Å². The van der Waals surface area contributed by atoms with E-state index in [2.05, 4.69) is 20.9 Å². The van der Waals surface area contributed by atoms with Gasteiger partial charge in [-0.3, -0.25) is 4.57 Å². The predicted octanol–water partition coefficient (Wildman–Crippen LogP) is 4.57. The summed E-state index contributed by atoms with van der Waals surface area (Å²) in [7, 11) is 0. The Morgan fingerprint density at radius 3 is 2.52 bits per heavy atom. The van der Waals surface area contributed by atoms with Crippen molar-refractivity contribution in [2.24, 2.45) is 0 Å². The summed E-state index contributed by atoms with van der Waals surface area (Å²) in [5.74, 6) is 0.0971. The van der Waals surface area contributed by atoms with Gasteiger partial charge in [0.1, 0.15) is 5.76 Å². The van der Waals surface area contributed by atoms with Crippen LogP contribution < -0.4 is 5.69 Å². The molecule has 120 valence electrons. The van der Waals surface area contributed by atoms with Crippen molar-refractivity contribution in [1.82, 2.24) is 9.55 Å². The highest BCUT2D eigenvalue weighted by molar-refractivity contribution is 9.10. The molecule has 0 spiro atoms. The number of benzene rings is 1. The first-order valence-electron chi connectivity index (χ1n) is 7.89. The maximum atomic E-state index is 12.2. The Kier molecular flexibility index (Phi) is 4.96. The number of aliphatic hydroxyl groups is 1. The first-order chi connectivity index (χ1) is 11.1. The van der Waals surface area contributed by atoms with Crippen molar-refractivity contribution in [2.75, 3.05) is 0 Å². The number of hydrogen-bond donors (Lipinski definition) is 1. The van der Waals surface area contributed by atoms with Crippen molar-refractivity contribution < 1.29 is 5.11 Å². The van der Waals surface area contributed by atoms with Crippen molar-refractivity contribution in [3.63, 3.8) is 0 Å². The van der Waals surface area contributed by atoms with Crippen LogP contribution in [-0.4, -0.2) is 14.7 Å². The van der Waals surface area contributed by atoms with Crippen molar-refractivity contribution in [3.8, 4) is 0 Å². The van der Waals surface area contributed by atoms with Gasteiger partial charge in [0.15, 0.2) is 0 Å². The molecule has 1 N–H and O–H groups in total. The highest BCUT2D eigenvalue weighted by atomic mass is 79.9. The van der Waals surface area contributed by atoms with E-state index in [-0.39, 0.29) is 17.5 Å². The Morgan fingerprint density at radius 2 is 1.87 bits per heavy atom. The van der Waals surface area contributed by atoms with Crippen LogP contribution in [0.15, 0.2) is 45.8 Å². The minimum atomic E-state index is -0.241. The molecule has 0 bridgehead atoms. The van der Waals surface area contributed by atoms with Gasteiger partial charge in [0.25, 0.3) is 0 Å². The van der Waals surface area contributed by atoms with Crippen molar-refractivity contribution >= 4 is 27.8 Å². The second kappa shape index (κ2) is 7.13. The van der Waals surface area contributed by atoms with Crippen LogP contribution in [0.5, 0.6) is 0 Å². The van der Waals surface area contributed by atoms with Crippen LogP contribution in [0.3, 0.4) is 0 Å². The number of aliphatic hydroxyl groups excluding tert-OH is 1. The van der Waals surface area contributed by atoms with Crippen LogP contribution >= 0.6 is 15.9 Å². The van der Waals surface area contributed by atoms with Crippen molar-refractivity contribution in [2.45, 2.75) is 38.1 Å². The van der Waals surface area contributed by atoms with E-state index in [4.69, 9.17) is 0 Å². The summed E-state index contributed by atoms with van der Waals surface area (Å²) >= 11 is 3.36. The molecule has 1 saturated carbocycles. The van der Waals surface area contributed by atoms with E-state index in [9.17, 15) is 9.90 Å². The average Bonchev–Trinajstić information content (AvgIpc) is 2.56. The standard InChI is InChI=1S/C18H19BrN2O2/c19-14-8-6-13(7-9-14)17(22)12-15-10-11-21(18(23)20-15)16-4-2-1-3-5-16/h6-12,16,22H,1-5H2. The summed E-state index contributed by atoms with van der Waals surface area (Å²) in [6.45, 7) is 0. The molecule has 2 aromatic rings. The van der Waals surface area contributed by atoms with Gasteiger partial charge < -0.3 is 5.11 Å². The first kappa shape index (κ1) is 16.0. The SMILES string of the molecule is O=c1nc(C=C(O)c2ccc(Br)cc2)ccn1C1CCCCC1. The monoisotopic (exact) mass is 374 g/mol. The molecule has 1 aromatic carbocycles. The van der Waals surface area contributed by atoms with E-state index in [1.807, 2.05) is 12.1 Å². The highest BCUT2D eigenvalue weighted by Crippen LogP contribution is 2.26. The number of hydrogen-bond acceptors (Lipinski definition) is 3. The molecule has 5 heteroatoms. The Hall–Kier alpha value is -1.88. The van der Waals surface area contributed by atoms with Gasteiger partial charge >= 0.3 is 5.69 Å². The molecule has 0 aliphatic heterocycles. The molecule has 1 aliphatic carbocycles. The third kappa shape index (κ3) is 3.91.